The number of anilines is 1. The van der Waals surface area contributed by atoms with Crippen LogP contribution >= 0.6 is 0 Å². The molecule has 2 aromatic heterocycles. The van der Waals surface area contributed by atoms with Crippen molar-refractivity contribution >= 4 is 17.3 Å². The molecule has 3 heterocycles. The van der Waals surface area contributed by atoms with Gasteiger partial charge in [-0.25, -0.2) is 20.9 Å². The van der Waals surface area contributed by atoms with Gasteiger partial charge >= 0.3 is 11.7 Å². The third-order valence-corrected chi connectivity index (χ3v) is 5.12. The molecule has 1 aromatic carbocycles. The quantitative estimate of drug-likeness (QED) is 0.427. The minimum absolute atomic E-state index is 0.229. The van der Waals surface area contributed by atoms with Gasteiger partial charge in [-0.15, -0.1) is 0 Å². The van der Waals surface area contributed by atoms with Crippen molar-refractivity contribution in [1.29, 1.82) is 0 Å². The molecule has 30 heavy (non-hydrogen) atoms. The molecule has 0 saturated carbocycles. The number of nitrogens with two attached hydrogens (primary N) is 1. The highest BCUT2D eigenvalue weighted by Crippen LogP contribution is 2.42. The molecule has 154 valence electrons. The Hall–Kier alpha value is -3.52. The Bertz CT molecular complexity index is 1140. The number of nitrogens with zero attached hydrogens (tertiary/aromatic N) is 4. The zero-order valence-corrected chi connectivity index (χ0v) is 16.0. The normalized spacial score (nSPS) is 25.9. The zero-order valence-electron chi connectivity index (χ0n) is 16.0. The molecular formula is C20H19N5O5. The Morgan fingerprint density at radius 2 is 2.07 bits per heavy atom. The van der Waals surface area contributed by atoms with Crippen molar-refractivity contribution in [1.82, 2.24) is 14.6 Å². The number of aryl methyl sites for hydroxylation is 1. The molecule has 10 nitrogen and oxygen atoms in total. The molecule has 1 aliphatic rings. The van der Waals surface area contributed by atoms with Crippen molar-refractivity contribution in [3.8, 4) is 0 Å². The van der Waals surface area contributed by atoms with E-state index in [1.165, 1.54) is 10.8 Å². The minimum Gasteiger partial charge on any atom is -0.450 e. The number of ether oxygens (including phenoxy) is 2. The van der Waals surface area contributed by atoms with Gasteiger partial charge in [0, 0.05) is 0 Å². The fourth-order valence-electron chi connectivity index (χ4n) is 3.40. The van der Waals surface area contributed by atoms with Crippen LogP contribution < -0.4 is 5.73 Å². The maximum atomic E-state index is 12.3. The summed E-state index contributed by atoms with van der Waals surface area (Å²) < 4.78 is 12.4. The van der Waals surface area contributed by atoms with Crippen molar-refractivity contribution in [3.05, 3.63) is 71.0 Å². The molecule has 4 N–H and O–H groups in total. The van der Waals surface area contributed by atoms with Crippen LogP contribution in [0.5, 0.6) is 0 Å². The highest BCUT2D eigenvalue weighted by Gasteiger charge is 2.62. The maximum absolute atomic E-state index is 12.3. The first-order chi connectivity index (χ1) is 14.4. The Kier molecular flexibility index (Phi) is 4.87. The molecular weight excluding hydrogens is 390 g/mol. The van der Waals surface area contributed by atoms with Crippen molar-refractivity contribution in [2.24, 2.45) is 0 Å². The first kappa shape index (κ1) is 19.8. The van der Waals surface area contributed by atoms with Gasteiger partial charge in [-0.05, 0) is 31.2 Å². The highest BCUT2D eigenvalue weighted by atomic mass is 16.6. The van der Waals surface area contributed by atoms with E-state index in [1.807, 2.05) is 6.92 Å². The smallest absolute Gasteiger partial charge is 0.400 e. The maximum Gasteiger partial charge on any atom is 0.400 e. The van der Waals surface area contributed by atoms with E-state index in [4.69, 9.17) is 21.8 Å². The zero-order chi connectivity index (χ0) is 21.5. The molecule has 0 spiro atoms. The summed E-state index contributed by atoms with van der Waals surface area (Å²) in [6.45, 7) is 8.87. The molecule has 3 aromatic rings. The number of carbonyl (C=O) groups is 1. The molecule has 4 rings (SSSR count). The lowest BCUT2D eigenvalue weighted by Crippen LogP contribution is -2.44. The third-order valence-electron chi connectivity index (χ3n) is 5.12. The number of aromatic nitrogens is 3. The third kappa shape index (κ3) is 3.15. The van der Waals surface area contributed by atoms with Gasteiger partial charge in [0.1, 0.15) is 24.1 Å². The Morgan fingerprint density at radius 3 is 2.77 bits per heavy atom. The van der Waals surface area contributed by atoms with E-state index < -0.39 is 36.6 Å². The number of nitrogen functional groups attached to an aromatic ring is 1. The number of aliphatic hydroxyl groups excluding tert-OH is 2. The monoisotopic (exact) mass is 409 g/mol. The molecule has 4 atom stereocenters. The van der Waals surface area contributed by atoms with Crippen LogP contribution in [0.4, 0.5) is 5.82 Å². The van der Waals surface area contributed by atoms with E-state index in [-0.39, 0.29) is 5.82 Å². The van der Waals surface area contributed by atoms with Crippen LogP contribution in [0.15, 0.2) is 42.7 Å². The van der Waals surface area contributed by atoms with Crippen molar-refractivity contribution in [2.45, 2.75) is 31.0 Å². The minimum atomic E-state index is -1.97. The van der Waals surface area contributed by atoms with E-state index in [0.29, 0.717) is 16.8 Å². The van der Waals surface area contributed by atoms with E-state index in [0.717, 1.165) is 5.56 Å². The fourth-order valence-corrected chi connectivity index (χ4v) is 3.40. The van der Waals surface area contributed by atoms with E-state index in [2.05, 4.69) is 14.9 Å². The summed E-state index contributed by atoms with van der Waals surface area (Å²) in [5.41, 5.74) is 6.01. The van der Waals surface area contributed by atoms with Crippen LogP contribution in [0.2, 0.25) is 0 Å². The van der Waals surface area contributed by atoms with Gasteiger partial charge in [-0.3, -0.25) is 9.58 Å². The van der Waals surface area contributed by atoms with Gasteiger partial charge in [0.05, 0.1) is 11.3 Å². The average molecular weight is 409 g/mol. The Balaban J connectivity index is 1.58. The molecule has 0 amide bonds. The number of carbonyl (C=O) groups excluding carboxylic acids is 1. The largest absolute Gasteiger partial charge is 0.450 e. The van der Waals surface area contributed by atoms with Crippen LogP contribution in [0.25, 0.3) is 10.4 Å². The first-order valence-corrected chi connectivity index (χ1v) is 9.11. The summed E-state index contributed by atoms with van der Waals surface area (Å²) in [6, 6.07) is 9.97. The summed E-state index contributed by atoms with van der Waals surface area (Å²) in [5.74, 6) is -0.437. The number of benzene rings is 1. The van der Waals surface area contributed by atoms with Crippen LogP contribution in [-0.4, -0.2) is 55.3 Å². The van der Waals surface area contributed by atoms with Gasteiger partial charge in [0.15, 0.2) is 18.5 Å². The standard InChI is InChI=1S/C20H19N5O5/c1-11-3-5-12(6-4-11)19(28)29-9-20(22-2)17(27)15(26)16(30-20)13-7-8-14-18(21)23-10-24-25(13)14/h3-8,10,15-17,26-27H,9H2,1H3,(H2,21,23,24)/t15-,16-,17-,20+/m0/s1. The molecule has 0 radical (unpaired) electrons. The second-order valence-corrected chi connectivity index (χ2v) is 7.07. The average Bonchev–Trinajstić information content (AvgIpc) is 3.28. The van der Waals surface area contributed by atoms with Crippen LogP contribution in [0.3, 0.4) is 0 Å². The molecule has 1 saturated heterocycles. The predicted molar refractivity (Wildman–Crippen MR) is 104 cm³/mol. The van der Waals surface area contributed by atoms with E-state index >= 15 is 0 Å². The summed E-state index contributed by atoms with van der Waals surface area (Å²) >= 11 is 0. The Labute approximate surface area is 171 Å². The Morgan fingerprint density at radius 1 is 1.33 bits per heavy atom. The van der Waals surface area contributed by atoms with Crippen LogP contribution in [0, 0.1) is 13.5 Å². The molecule has 10 heteroatoms. The van der Waals surface area contributed by atoms with Crippen molar-refractivity contribution < 1.29 is 24.5 Å². The second kappa shape index (κ2) is 7.38. The number of fused-ring (bicyclic) bond motifs is 1. The number of hydrogen-bond donors (Lipinski definition) is 3. The second-order valence-electron chi connectivity index (χ2n) is 7.07. The van der Waals surface area contributed by atoms with Crippen molar-refractivity contribution in [3.63, 3.8) is 0 Å². The van der Waals surface area contributed by atoms with Crippen LogP contribution in [0.1, 0.15) is 27.7 Å². The SMILES string of the molecule is [C-]#[N+][C@]1(COC(=O)c2ccc(C)cc2)O[C@@H](c2ccc3c(N)ncnn23)[C@H](O)[C@@H]1O. The predicted octanol–water partition coefficient (Wildman–Crippen LogP) is 0.886. The molecule has 0 aliphatic carbocycles. The molecule has 1 fully saturated rings. The molecule has 1 aliphatic heterocycles. The first-order valence-electron chi connectivity index (χ1n) is 9.11. The summed E-state index contributed by atoms with van der Waals surface area (Å²) in [5, 5.41) is 25.3. The lowest BCUT2D eigenvalue weighted by Gasteiger charge is -2.19. The van der Waals surface area contributed by atoms with Gasteiger partial charge in [0.2, 0.25) is 0 Å². The van der Waals surface area contributed by atoms with Gasteiger partial charge in [0.25, 0.3) is 0 Å². The van der Waals surface area contributed by atoms with Gasteiger partial charge in [-0.2, -0.15) is 5.10 Å². The number of esters is 1. The fraction of sp³-hybridized carbons (Fsp3) is 0.300. The van der Waals surface area contributed by atoms with Crippen molar-refractivity contribution in [2.75, 3.05) is 12.3 Å². The van der Waals surface area contributed by atoms with E-state index in [9.17, 15) is 15.0 Å². The van der Waals surface area contributed by atoms with Crippen LogP contribution in [-0.2, 0) is 9.47 Å². The number of aliphatic hydroxyl groups is 2. The highest BCUT2D eigenvalue weighted by molar-refractivity contribution is 5.89. The molecule has 0 unspecified atom stereocenters. The number of rotatable bonds is 4. The van der Waals surface area contributed by atoms with Gasteiger partial charge < -0.3 is 20.7 Å². The van der Waals surface area contributed by atoms with E-state index in [1.54, 1.807) is 36.4 Å². The lowest BCUT2D eigenvalue weighted by molar-refractivity contribution is -0.0869. The summed E-state index contributed by atoms with van der Waals surface area (Å²) in [4.78, 5) is 19.6. The number of hydrogen-bond acceptors (Lipinski definition) is 8. The lowest BCUT2D eigenvalue weighted by atomic mass is 10.0. The summed E-state index contributed by atoms with van der Waals surface area (Å²) in [6.07, 6.45) is -2.92. The molecule has 0 bridgehead atoms. The van der Waals surface area contributed by atoms with Gasteiger partial charge in [-0.1, -0.05) is 17.7 Å². The topological polar surface area (TPSA) is 137 Å². The summed E-state index contributed by atoms with van der Waals surface area (Å²) in [7, 11) is 0.